The van der Waals surface area contributed by atoms with Crippen LogP contribution in [-0.2, 0) is 16.8 Å². The fraction of sp³-hybridized carbons (Fsp3) is 1.00. The summed E-state index contributed by atoms with van der Waals surface area (Å²) < 4.78 is 0. The van der Waals surface area contributed by atoms with Gasteiger partial charge in [0.1, 0.15) is 0 Å². The van der Waals surface area contributed by atoms with Gasteiger partial charge in [-0.1, -0.05) is 0 Å². The molecule has 127 valence electrons. The van der Waals surface area contributed by atoms with E-state index in [0.717, 1.165) is 79.3 Å². The number of hydrogen-bond acceptors (Lipinski definition) is 8. The third kappa shape index (κ3) is 9.03. The van der Waals surface area contributed by atoms with Crippen molar-refractivity contribution in [1.82, 2.24) is 41.7 Å². The van der Waals surface area contributed by atoms with E-state index >= 15 is 0 Å². The molecule has 3 heterocycles. The summed E-state index contributed by atoms with van der Waals surface area (Å²) in [6.45, 7) is 11.4. The summed E-state index contributed by atoms with van der Waals surface area (Å²) in [6.07, 6.45) is 0. The maximum Gasteiger partial charge on any atom is 0.0505 e. The molecule has 6 N–H and O–H groups in total. The molecule has 2 bridgehead atoms. The molecule has 0 saturated carbocycles. The van der Waals surface area contributed by atoms with Crippen LogP contribution in [0.5, 0.6) is 0 Å². The van der Waals surface area contributed by atoms with Crippen LogP contribution in [0.3, 0.4) is 0 Å². The van der Waals surface area contributed by atoms with Crippen LogP contribution in [0.4, 0.5) is 0 Å². The van der Waals surface area contributed by atoms with E-state index in [1.54, 1.807) is 0 Å². The van der Waals surface area contributed by atoms with E-state index < -0.39 is 0 Å². The molecule has 0 aliphatic carbocycles. The summed E-state index contributed by atoms with van der Waals surface area (Å²) in [7, 11) is 0. The molecule has 8 nitrogen and oxygen atoms in total. The number of nitrogens with zero attached hydrogens (tertiary/aromatic N) is 2. The van der Waals surface area contributed by atoms with Crippen molar-refractivity contribution in [2.24, 2.45) is 0 Å². The van der Waals surface area contributed by atoms with Crippen LogP contribution in [0.1, 0.15) is 0 Å². The van der Waals surface area contributed by atoms with Gasteiger partial charge in [0.2, 0.25) is 0 Å². The monoisotopic (exact) mass is 345 g/mol. The first-order chi connectivity index (χ1) is 9.95. The molecule has 3 saturated heterocycles. The molecule has 9 heteroatoms. The molecule has 0 aromatic heterocycles. The van der Waals surface area contributed by atoms with Crippen molar-refractivity contribution in [2.75, 3.05) is 79.3 Å². The average molecular weight is 345 g/mol. The van der Waals surface area contributed by atoms with E-state index in [9.17, 15) is 0 Å². The summed E-state index contributed by atoms with van der Waals surface area (Å²) in [5, 5.41) is 20.9. The molecule has 1 radical (unpaired) electrons. The molecule has 3 aliphatic heterocycles. The minimum absolute atomic E-state index is 0. The molecule has 0 aromatic carbocycles. The standard InChI is InChI=1S/C12H30N8.Co/c1-2-14-8-20-11-17-5-3-15-9-19(7-13-1)10-16-4-6-18-12-20;/h13-18H,1-12H2;. The van der Waals surface area contributed by atoms with Gasteiger partial charge in [-0.05, 0) is 0 Å². The van der Waals surface area contributed by atoms with E-state index in [1.165, 1.54) is 0 Å². The van der Waals surface area contributed by atoms with Gasteiger partial charge in [0.05, 0.1) is 40.0 Å². The first-order valence-electron chi connectivity index (χ1n) is 7.64. The van der Waals surface area contributed by atoms with Gasteiger partial charge in [0, 0.05) is 56.0 Å². The van der Waals surface area contributed by atoms with Crippen LogP contribution in [0.15, 0.2) is 0 Å². The van der Waals surface area contributed by atoms with Crippen LogP contribution in [0.2, 0.25) is 0 Å². The van der Waals surface area contributed by atoms with Crippen LogP contribution in [0, 0.1) is 0 Å². The van der Waals surface area contributed by atoms with Gasteiger partial charge in [-0.15, -0.1) is 0 Å². The van der Waals surface area contributed by atoms with Crippen LogP contribution in [-0.4, -0.2) is 89.1 Å². The number of fused-ring (bicyclic) bond motifs is 15. The van der Waals surface area contributed by atoms with E-state index in [0.29, 0.717) is 0 Å². The van der Waals surface area contributed by atoms with Crippen molar-refractivity contribution in [3.05, 3.63) is 0 Å². The Bertz CT molecular complexity index is 183. The molecular formula is C12H30CoN8. The van der Waals surface area contributed by atoms with Gasteiger partial charge < -0.3 is 31.9 Å². The molecule has 3 fully saturated rings. The Labute approximate surface area is 138 Å². The average Bonchev–Trinajstić information content (AvgIpc) is 2.47. The Balaban J connectivity index is 0.00000220. The Morgan fingerprint density at radius 2 is 0.571 bits per heavy atom. The van der Waals surface area contributed by atoms with Gasteiger partial charge in [-0.25, -0.2) is 0 Å². The smallest absolute Gasteiger partial charge is 0.0505 e. The van der Waals surface area contributed by atoms with Gasteiger partial charge in [-0.3, -0.25) is 9.80 Å². The first kappa shape index (κ1) is 19.2. The Morgan fingerprint density at radius 1 is 0.381 bits per heavy atom. The predicted molar refractivity (Wildman–Crippen MR) is 80.9 cm³/mol. The Kier molecular flexibility index (Phi) is 11.6. The van der Waals surface area contributed by atoms with E-state index in [4.69, 9.17) is 0 Å². The summed E-state index contributed by atoms with van der Waals surface area (Å²) in [5.74, 6) is 0. The molecule has 3 aliphatic rings. The SMILES string of the molecule is C1CNCN2CNCCNCN(CN1)CNCCNC2.[Co]. The Hall–Kier alpha value is 0.186. The van der Waals surface area contributed by atoms with Crippen molar-refractivity contribution >= 4 is 0 Å². The summed E-state index contributed by atoms with van der Waals surface area (Å²) in [4.78, 5) is 4.70. The normalized spacial score (nSPS) is 30.9. The third-order valence-corrected chi connectivity index (χ3v) is 3.45. The van der Waals surface area contributed by atoms with Crippen LogP contribution in [0.25, 0.3) is 0 Å². The van der Waals surface area contributed by atoms with Gasteiger partial charge in [0.15, 0.2) is 0 Å². The first-order valence-corrected chi connectivity index (χ1v) is 7.64. The van der Waals surface area contributed by atoms with Crippen molar-refractivity contribution in [1.29, 1.82) is 0 Å². The number of rotatable bonds is 0. The van der Waals surface area contributed by atoms with Crippen LogP contribution < -0.4 is 31.9 Å². The van der Waals surface area contributed by atoms with Gasteiger partial charge in [0.25, 0.3) is 0 Å². The molecular weight excluding hydrogens is 315 g/mol. The second-order valence-corrected chi connectivity index (χ2v) is 5.29. The molecule has 0 spiro atoms. The minimum atomic E-state index is 0. The quantitative estimate of drug-likeness (QED) is 0.276. The fourth-order valence-corrected chi connectivity index (χ4v) is 2.29. The molecule has 0 aromatic rings. The molecule has 3 rings (SSSR count). The van der Waals surface area contributed by atoms with Crippen molar-refractivity contribution in [3.8, 4) is 0 Å². The van der Waals surface area contributed by atoms with Crippen molar-refractivity contribution in [3.63, 3.8) is 0 Å². The summed E-state index contributed by atoms with van der Waals surface area (Å²) >= 11 is 0. The van der Waals surface area contributed by atoms with Crippen molar-refractivity contribution in [2.45, 2.75) is 0 Å². The fourth-order valence-electron chi connectivity index (χ4n) is 2.29. The van der Waals surface area contributed by atoms with E-state index in [2.05, 4.69) is 41.7 Å². The molecule has 0 unspecified atom stereocenters. The third-order valence-electron chi connectivity index (χ3n) is 3.45. The molecule has 0 amide bonds. The van der Waals surface area contributed by atoms with E-state index in [-0.39, 0.29) is 16.8 Å². The number of hydrogen-bond donors (Lipinski definition) is 6. The minimum Gasteiger partial charge on any atom is -0.303 e. The largest absolute Gasteiger partial charge is 0.303 e. The van der Waals surface area contributed by atoms with Crippen molar-refractivity contribution < 1.29 is 16.8 Å². The number of nitrogens with one attached hydrogen (secondary N) is 6. The topological polar surface area (TPSA) is 78.7 Å². The second kappa shape index (κ2) is 12.7. The summed E-state index contributed by atoms with van der Waals surface area (Å²) in [6, 6.07) is 0. The van der Waals surface area contributed by atoms with E-state index in [1.807, 2.05) is 0 Å². The Morgan fingerprint density at radius 3 is 0.762 bits per heavy atom. The zero-order valence-electron chi connectivity index (χ0n) is 12.7. The maximum atomic E-state index is 3.48. The zero-order chi connectivity index (χ0) is 13.9. The second-order valence-electron chi connectivity index (χ2n) is 5.29. The maximum absolute atomic E-state index is 3.48. The van der Waals surface area contributed by atoms with Gasteiger partial charge in [-0.2, -0.15) is 0 Å². The molecule has 21 heavy (non-hydrogen) atoms. The van der Waals surface area contributed by atoms with Crippen LogP contribution >= 0.6 is 0 Å². The van der Waals surface area contributed by atoms with Gasteiger partial charge >= 0.3 is 0 Å². The summed E-state index contributed by atoms with van der Waals surface area (Å²) in [5.41, 5.74) is 0. The zero-order valence-corrected chi connectivity index (χ0v) is 13.8. The molecule has 0 atom stereocenters. The predicted octanol–water partition coefficient (Wildman–Crippen LogP) is -3.10.